The normalized spacial score (nSPS) is 18.9. The second-order valence-corrected chi connectivity index (χ2v) is 6.98. The van der Waals surface area contributed by atoms with E-state index in [-0.39, 0.29) is 11.6 Å². The van der Waals surface area contributed by atoms with E-state index >= 15 is 0 Å². The predicted molar refractivity (Wildman–Crippen MR) is 94.0 cm³/mol. The van der Waals surface area contributed by atoms with Crippen LogP contribution in [0.4, 0.5) is 4.39 Å². The number of unbranched alkanes of at least 4 members (excludes halogenated alkanes) is 1. The zero-order valence-corrected chi connectivity index (χ0v) is 14.6. The third-order valence-corrected chi connectivity index (χ3v) is 4.82. The summed E-state index contributed by atoms with van der Waals surface area (Å²) < 4.78 is 33.6. The summed E-state index contributed by atoms with van der Waals surface area (Å²) in [4.78, 5) is 22.6. The molecule has 2 aliphatic carbocycles. The molecule has 0 saturated heterocycles. The summed E-state index contributed by atoms with van der Waals surface area (Å²) in [5.74, 6) is -0.685. The lowest BCUT2D eigenvalue weighted by Crippen LogP contribution is -2.23. The summed E-state index contributed by atoms with van der Waals surface area (Å²) in [6.45, 7) is 0. The first-order valence-electron chi connectivity index (χ1n) is 8.22. The van der Waals surface area contributed by atoms with Gasteiger partial charge in [0, 0.05) is 12.1 Å². The van der Waals surface area contributed by atoms with Crippen LogP contribution >= 0.6 is 0 Å². The molecule has 1 unspecified atom stereocenters. The van der Waals surface area contributed by atoms with Crippen molar-refractivity contribution >= 4 is 17.0 Å². The fourth-order valence-corrected chi connectivity index (χ4v) is 3.30. The summed E-state index contributed by atoms with van der Waals surface area (Å²) in [7, 11) is 0. The standard InChI is InChI=1S/C17H21FN2O4S/c18-15-10-12(8-9-16(15)20-22)4-1-2-7-17(21)19-13-5-3-6-14(11-13)25(23)24/h6,10-11H,1-5,7-9H2,(H,19,21)(H,23,24). The Hall–Kier alpha value is -1.93. The van der Waals surface area contributed by atoms with E-state index in [1.165, 1.54) is 12.2 Å². The van der Waals surface area contributed by atoms with Gasteiger partial charge in [-0.15, -0.1) is 4.91 Å². The van der Waals surface area contributed by atoms with Crippen LogP contribution in [0, 0.1) is 4.91 Å². The van der Waals surface area contributed by atoms with E-state index in [4.69, 9.17) is 4.55 Å². The fraction of sp³-hybridized carbons (Fsp3) is 0.471. The van der Waals surface area contributed by atoms with Crippen LogP contribution in [0.5, 0.6) is 0 Å². The number of hydrogen-bond acceptors (Lipinski definition) is 4. The topological polar surface area (TPSA) is 95.8 Å². The Balaban J connectivity index is 1.71. The smallest absolute Gasteiger partial charge is 0.224 e. The van der Waals surface area contributed by atoms with Gasteiger partial charge in [-0.2, -0.15) is 0 Å². The maximum Gasteiger partial charge on any atom is 0.224 e. The van der Waals surface area contributed by atoms with Gasteiger partial charge in [0.25, 0.3) is 0 Å². The van der Waals surface area contributed by atoms with Crippen LogP contribution in [-0.4, -0.2) is 14.7 Å². The summed E-state index contributed by atoms with van der Waals surface area (Å²) in [5.41, 5.74) is 1.56. The molecule has 1 amide bonds. The summed E-state index contributed by atoms with van der Waals surface area (Å²) >= 11 is -2.04. The predicted octanol–water partition coefficient (Wildman–Crippen LogP) is 4.11. The number of carbonyl (C=O) groups excluding carboxylic acids is 1. The van der Waals surface area contributed by atoms with E-state index in [1.807, 2.05) is 0 Å². The largest absolute Gasteiger partial charge is 0.330 e. The van der Waals surface area contributed by atoms with E-state index in [0.717, 1.165) is 12.0 Å². The van der Waals surface area contributed by atoms with Crippen molar-refractivity contribution in [2.24, 2.45) is 5.18 Å². The minimum absolute atomic E-state index is 0.0267. The minimum Gasteiger partial charge on any atom is -0.330 e. The van der Waals surface area contributed by atoms with Crippen LogP contribution in [0.3, 0.4) is 0 Å². The molecule has 1 atom stereocenters. The molecule has 2 N–H and O–H groups in total. The van der Waals surface area contributed by atoms with Gasteiger partial charge in [-0.3, -0.25) is 4.79 Å². The van der Waals surface area contributed by atoms with Crippen molar-refractivity contribution in [3.05, 3.63) is 50.8 Å². The Morgan fingerprint density at radius 3 is 2.76 bits per heavy atom. The highest BCUT2D eigenvalue weighted by Crippen LogP contribution is 2.28. The van der Waals surface area contributed by atoms with Gasteiger partial charge in [-0.05, 0) is 62.3 Å². The summed E-state index contributed by atoms with van der Waals surface area (Å²) in [6.07, 6.45) is 9.25. The van der Waals surface area contributed by atoms with Gasteiger partial charge in [0.15, 0.2) is 11.1 Å². The van der Waals surface area contributed by atoms with Crippen LogP contribution in [0.2, 0.25) is 0 Å². The Morgan fingerprint density at radius 2 is 2.08 bits per heavy atom. The number of nitrogens with one attached hydrogen (secondary N) is 1. The maximum atomic E-state index is 13.5. The van der Waals surface area contributed by atoms with Crippen LogP contribution in [0.1, 0.15) is 51.4 Å². The fourth-order valence-electron chi connectivity index (χ4n) is 2.79. The van der Waals surface area contributed by atoms with Crippen molar-refractivity contribution in [2.75, 3.05) is 0 Å². The lowest BCUT2D eigenvalue weighted by atomic mass is 9.97. The van der Waals surface area contributed by atoms with Gasteiger partial charge in [0.1, 0.15) is 11.5 Å². The number of carbonyl (C=O) groups is 1. The molecule has 136 valence electrons. The van der Waals surface area contributed by atoms with Gasteiger partial charge in [-0.1, -0.05) is 11.6 Å². The van der Waals surface area contributed by atoms with E-state index in [9.17, 15) is 18.3 Å². The Kier molecular flexibility index (Phi) is 7.39. The number of hydrogen-bond donors (Lipinski definition) is 2. The van der Waals surface area contributed by atoms with Crippen molar-refractivity contribution < 1.29 is 17.9 Å². The maximum absolute atomic E-state index is 13.5. The number of rotatable bonds is 8. The molecule has 0 spiro atoms. The van der Waals surface area contributed by atoms with E-state index in [2.05, 4.69) is 10.5 Å². The van der Waals surface area contributed by atoms with Gasteiger partial charge >= 0.3 is 0 Å². The first kappa shape index (κ1) is 19.4. The second-order valence-electron chi connectivity index (χ2n) is 6.01. The molecular formula is C17H21FN2O4S. The van der Waals surface area contributed by atoms with Crippen LogP contribution in [-0.2, 0) is 15.9 Å². The number of allylic oxidation sites excluding steroid dienone is 7. The van der Waals surface area contributed by atoms with Gasteiger partial charge in [-0.25, -0.2) is 8.60 Å². The number of amides is 1. The molecule has 0 bridgehead atoms. The van der Waals surface area contributed by atoms with Crippen LogP contribution in [0.15, 0.2) is 51.1 Å². The Labute approximate surface area is 148 Å². The van der Waals surface area contributed by atoms with Gasteiger partial charge in [0.05, 0.1) is 4.91 Å². The lowest BCUT2D eigenvalue weighted by molar-refractivity contribution is -0.120. The molecule has 25 heavy (non-hydrogen) atoms. The van der Waals surface area contributed by atoms with E-state index in [1.54, 1.807) is 6.08 Å². The minimum atomic E-state index is -2.04. The molecule has 8 heteroatoms. The van der Waals surface area contributed by atoms with Crippen LogP contribution in [0.25, 0.3) is 0 Å². The summed E-state index contributed by atoms with van der Waals surface area (Å²) in [5, 5.41) is 5.44. The second kappa shape index (κ2) is 9.53. The lowest BCUT2D eigenvalue weighted by Gasteiger charge is -2.14. The molecule has 0 heterocycles. The zero-order valence-electron chi connectivity index (χ0n) is 13.8. The SMILES string of the molecule is O=NC1=C(F)C=C(CCCCC(=O)NC2=CC(S(=O)O)=CCC2)CC1. The average Bonchev–Trinajstić information content (AvgIpc) is 2.59. The highest BCUT2D eigenvalue weighted by atomic mass is 32.2. The first-order chi connectivity index (χ1) is 12.0. The molecule has 2 rings (SSSR count). The highest BCUT2D eigenvalue weighted by molar-refractivity contribution is 7.83. The molecule has 6 nitrogen and oxygen atoms in total. The van der Waals surface area contributed by atoms with Gasteiger partial charge in [0.2, 0.25) is 5.91 Å². The average molecular weight is 368 g/mol. The van der Waals surface area contributed by atoms with Crippen molar-refractivity contribution in [1.82, 2.24) is 5.32 Å². The van der Waals surface area contributed by atoms with Crippen molar-refractivity contribution in [3.8, 4) is 0 Å². The first-order valence-corrected chi connectivity index (χ1v) is 9.33. The molecule has 0 radical (unpaired) electrons. The molecule has 0 aromatic carbocycles. The quantitative estimate of drug-likeness (QED) is 0.383. The molecule has 0 aromatic rings. The molecule has 0 aliphatic heterocycles. The molecule has 2 aliphatic rings. The molecular weight excluding hydrogens is 347 g/mol. The third-order valence-electron chi connectivity index (χ3n) is 4.13. The van der Waals surface area contributed by atoms with E-state index < -0.39 is 16.9 Å². The molecule has 0 aromatic heterocycles. The number of nitroso groups, excluding NO2 is 1. The van der Waals surface area contributed by atoms with Crippen LogP contribution < -0.4 is 5.32 Å². The van der Waals surface area contributed by atoms with Crippen molar-refractivity contribution in [2.45, 2.75) is 51.4 Å². The molecule has 0 fully saturated rings. The van der Waals surface area contributed by atoms with Crippen molar-refractivity contribution in [1.29, 1.82) is 0 Å². The zero-order chi connectivity index (χ0) is 18.2. The van der Waals surface area contributed by atoms with Gasteiger partial charge < -0.3 is 9.87 Å². The van der Waals surface area contributed by atoms with Crippen molar-refractivity contribution in [3.63, 3.8) is 0 Å². The highest BCUT2D eigenvalue weighted by Gasteiger charge is 2.15. The number of halogens is 1. The van der Waals surface area contributed by atoms with E-state index in [0.29, 0.717) is 55.5 Å². The Morgan fingerprint density at radius 1 is 1.28 bits per heavy atom. The summed E-state index contributed by atoms with van der Waals surface area (Å²) in [6, 6.07) is 0. The monoisotopic (exact) mass is 368 g/mol. The third kappa shape index (κ3) is 6.13. The molecule has 0 saturated carbocycles. The Bertz CT molecular complexity index is 695. The number of nitrogens with zero attached hydrogens (tertiary/aromatic N) is 1.